The molecule has 0 fully saturated rings. The minimum absolute atomic E-state index is 0.122. The van der Waals surface area contributed by atoms with Crippen LogP contribution in [0.5, 0.6) is 11.5 Å². The summed E-state index contributed by atoms with van der Waals surface area (Å²) in [7, 11) is 1.63. The van der Waals surface area contributed by atoms with E-state index in [0.717, 1.165) is 11.4 Å². The molecule has 5 aromatic rings. The van der Waals surface area contributed by atoms with Gasteiger partial charge in [-0.2, -0.15) is 0 Å². The summed E-state index contributed by atoms with van der Waals surface area (Å²) in [6, 6.07) is 19.1. The molecule has 0 atom stereocenters. The molecule has 1 N–H and O–H groups in total. The average molecular weight is 478 g/mol. The van der Waals surface area contributed by atoms with Crippen LogP contribution in [0.15, 0.2) is 76.0 Å². The zero-order valence-corrected chi connectivity index (χ0v) is 19.2. The molecule has 0 aliphatic rings. The van der Waals surface area contributed by atoms with Gasteiger partial charge in [-0.25, -0.2) is 4.98 Å². The van der Waals surface area contributed by atoms with Crippen molar-refractivity contribution in [3.8, 4) is 17.2 Å². The summed E-state index contributed by atoms with van der Waals surface area (Å²) in [5.41, 5.74) is 1.51. The van der Waals surface area contributed by atoms with Gasteiger partial charge in [0.15, 0.2) is 11.0 Å². The molecular formula is C23H19N5O3S2. The minimum atomic E-state index is -0.122. The average Bonchev–Trinajstić information content (AvgIpc) is 3.49. The third-order valence-corrected chi connectivity index (χ3v) is 6.69. The van der Waals surface area contributed by atoms with Crippen LogP contribution in [0.1, 0.15) is 11.6 Å². The summed E-state index contributed by atoms with van der Waals surface area (Å²) in [6.07, 6.45) is 0. The molecule has 8 nitrogen and oxygen atoms in total. The molecule has 3 heterocycles. The van der Waals surface area contributed by atoms with Crippen LogP contribution in [0.2, 0.25) is 0 Å². The summed E-state index contributed by atoms with van der Waals surface area (Å²) in [5, 5.41) is 11.3. The number of benzene rings is 2. The van der Waals surface area contributed by atoms with Gasteiger partial charge in [0.1, 0.15) is 28.6 Å². The lowest BCUT2D eigenvalue weighted by molar-refractivity contribution is 0.292. The maximum Gasteiger partial charge on any atom is 0.268 e. The highest BCUT2D eigenvalue weighted by Gasteiger charge is 2.16. The molecule has 33 heavy (non-hydrogen) atoms. The second kappa shape index (κ2) is 9.47. The van der Waals surface area contributed by atoms with E-state index in [9.17, 15) is 4.79 Å². The van der Waals surface area contributed by atoms with Gasteiger partial charge < -0.3 is 14.5 Å². The molecule has 166 valence electrons. The number of aromatic amines is 1. The van der Waals surface area contributed by atoms with Gasteiger partial charge in [0, 0.05) is 5.69 Å². The lowest BCUT2D eigenvalue weighted by atomic mass is 10.3. The molecule has 0 amide bonds. The van der Waals surface area contributed by atoms with Crippen molar-refractivity contribution >= 4 is 33.3 Å². The Morgan fingerprint density at radius 1 is 1.03 bits per heavy atom. The Bertz CT molecular complexity index is 1430. The molecule has 0 aliphatic heterocycles. The highest BCUT2D eigenvalue weighted by atomic mass is 32.2. The number of methoxy groups -OCH3 is 1. The molecule has 5 rings (SSSR count). The molecule has 0 unspecified atom stereocenters. The molecule has 10 heteroatoms. The van der Waals surface area contributed by atoms with Crippen molar-refractivity contribution in [1.29, 1.82) is 0 Å². The number of ether oxygens (including phenoxy) is 2. The Balaban J connectivity index is 1.39. The van der Waals surface area contributed by atoms with Crippen molar-refractivity contribution in [2.75, 3.05) is 7.11 Å². The minimum Gasteiger partial charge on any atom is -0.497 e. The quantitative estimate of drug-likeness (QED) is 0.330. The van der Waals surface area contributed by atoms with Crippen LogP contribution in [-0.4, -0.2) is 31.8 Å². The summed E-state index contributed by atoms with van der Waals surface area (Å²) in [6.45, 7) is 0.241. The number of aromatic nitrogens is 5. The van der Waals surface area contributed by atoms with Gasteiger partial charge in [-0.05, 0) is 47.8 Å². The van der Waals surface area contributed by atoms with Crippen LogP contribution in [0.3, 0.4) is 0 Å². The molecule has 0 saturated heterocycles. The largest absolute Gasteiger partial charge is 0.497 e. The van der Waals surface area contributed by atoms with Gasteiger partial charge >= 0.3 is 0 Å². The Morgan fingerprint density at radius 3 is 2.61 bits per heavy atom. The Morgan fingerprint density at radius 2 is 1.82 bits per heavy atom. The third kappa shape index (κ3) is 4.62. The molecule has 0 spiro atoms. The van der Waals surface area contributed by atoms with Crippen molar-refractivity contribution in [3.05, 3.63) is 88.0 Å². The van der Waals surface area contributed by atoms with Gasteiger partial charge in [0.05, 0.1) is 18.4 Å². The van der Waals surface area contributed by atoms with Crippen molar-refractivity contribution in [2.24, 2.45) is 0 Å². The summed E-state index contributed by atoms with van der Waals surface area (Å²) in [5.74, 6) is 3.17. The number of nitrogens with zero attached hydrogens (tertiary/aromatic N) is 4. The monoisotopic (exact) mass is 477 g/mol. The first-order chi connectivity index (χ1) is 16.2. The van der Waals surface area contributed by atoms with E-state index >= 15 is 0 Å². The fourth-order valence-electron chi connectivity index (χ4n) is 3.27. The predicted molar refractivity (Wildman–Crippen MR) is 128 cm³/mol. The molecule has 0 radical (unpaired) electrons. The number of nitrogens with one attached hydrogen (secondary N) is 1. The van der Waals surface area contributed by atoms with E-state index in [1.54, 1.807) is 7.11 Å². The van der Waals surface area contributed by atoms with Gasteiger partial charge in [-0.15, -0.1) is 21.5 Å². The molecule has 3 aromatic heterocycles. The molecular weight excluding hydrogens is 458 g/mol. The number of fused-ring (bicyclic) bond motifs is 1. The number of hydrogen-bond acceptors (Lipinski definition) is 8. The van der Waals surface area contributed by atoms with Crippen LogP contribution in [-0.2, 0) is 12.4 Å². The van der Waals surface area contributed by atoms with E-state index in [2.05, 4.69) is 20.2 Å². The van der Waals surface area contributed by atoms with E-state index in [0.29, 0.717) is 38.5 Å². The van der Waals surface area contributed by atoms with E-state index < -0.39 is 0 Å². The van der Waals surface area contributed by atoms with Crippen LogP contribution in [0.25, 0.3) is 15.9 Å². The van der Waals surface area contributed by atoms with Crippen molar-refractivity contribution < 1.29 is 9.47 Å². The van der Waals surface area contributed by atoms with Crippen molar-refractivity contribution in [3.63, 3.8) is 0 Å². The number of thioether (sulfide) groups is 1. The number of thiophene rings is 1. The van der Waals surface area contributed by atoms with Crippen LogP contribution >= 0.6 is 23.1 Å². The Kier molecular flexibility index (Phi) is 6.09. The topological polar surface area (TPSA) is 94.9 Å². The first kappa shape index (κ1) is 21.2. The SMILES string of the molecule is COc1ccc(OCc2nnc(SCc3nc4ccsc4c(=O)[nH]3)n2-c2ccccc2)cc1. The van der Waals surface area contributed by atoms with E-state index in [1.165, 1.54) is 23.1 Å². The van der Waals surface area contributed by atoms with Crippen molar-refractivity contribution in [1.82, 2.24) is 24.7 Å². The van der Waals surface area contributed by atoms with Gasteiger partial charge in [0.2, 0.25) is 0 Å². The zero-order chi connectivity index (χ0) is 22.6. The van der Waals surface area contributed by atoms with Gasteiger partial charge in [-0.1, -0.05) is 30.0 Å². The Hall–Kier alpha value is -3.63. The van der Waals surface area contributed by atoms with Gasteiger partial charge in [-0.3, -0.25) is 9.36 Å². The maximum atomic E-state index is 12.3. The van der Waals surface area contributed by atoms with E-state index in [1.807, 2.05) is 70.6 Å². The third-order valence-electron chi connectivity index (χ3n) is 4.84. The number of para-hydroxylation sites is 1. The Labute approximate surface area is 197 Å². The second-order valence-electron chi connectivity index (χ2n) is 6.97. The lowest BCUT2D eigenvalue weighted by Crippen LogP contribution is -2.10. The fraction of sp³-hybridized carbons (Fsp3) is 0.130. The highest BCUT2D eigenvalue weighted by molar-refractivity contribution is 7.98. The first-order valence-electron chi connectivity index (χ1n) is 10.1. The predicted octanol–water partition coefficient (Wildman–Crippen LogP) is 4.45. The van der Waals surface area contributed by atoms with Crippen molar-refractivity contribution in [2.45, 2.75) is 17.5 Å². The summed E-state index contributed by atoms with van der Waals surface area (Å²) in [4.78, 5) is 19.7. The molecule has 0 bridgehead atoms. The summed E-state index contributed by atoms with van der Waals surface area (Å²) >= 11 is 2.84. The van der Waals surface area contributed by atoms with E-state index in [4.69, 9.17) is 9.47 Å². The number of rotatable bonds is 8. The molecule has 0 aliphatic carbocycles. The zero-order valence-electron chi connectivity index (χ0n) is 17.6. The maximum absolute atomic E-state index is 12.3. The normalized spacial score (nSPS) is 11.1. The highest BCUT2D eigenvalue weighted by Crippen LogP contribution is 2.26. The lowest BCUT2D eigenvalue weighted by Gasteiger charge is -2.11. The number of H-pyrrole nitrogens is 1. The van der Waals surface area contributed by atoms with Crippen LogP contribution < -0.4 is 15.0 Å². The smallest absolute Gasteiger partial charge is 0.268 e. The second-order valence-corrected chi connectivity index (χ2v) is 8.83. The first-order valence-corrected chi connectivity index (χ1v) is 11.9. The summed E-state index contributed by atoms with van der Waals surface area (Å²) < 4.78 is 13.7. The van der Waals surface area contributed by atoms with Crippen LogP contribution in [0, 0.1) is 0 Å². The number of hydrogen-bond donors (Lipinski definition) is 1. The van der Waals surface area contributed by atoms with E-state index in [-0.39, 0.29) is 12.2 Å². The molecule has 2 aromatic carbocycles. The standard InChI is InChI=1S/C23H19N5O3S2/c1-30-16-7-9-17(10-8-16)31-13-20-26-27-23(28(20)15-5-3-2-4-6-15)33-14-19-24-18-11-12-32-21(18)22(29)25-19/h2-12H,13-14H2,1H3,(H,24,25,29). The van der Waals surface area contributed by atoms with Gasteiger partial charge in [0.25, 0.3) is 5.56 Å². The van der Waals surface area contributed by atoms with Crippen LogP contribution in [0.4, 0.5) is 0 Å². The fourth-order valence-corrected chi connectivity index (χ4v) is 4.83. The molecule has 0 saturated carbocycles.